The molecule has 1 aromatic heterocycles. The van der Waals surface area contributed by atoms with Crippen LogP contribution in [-0.2, 0) is 18.4 Å². The molecule has 0 radical (unpaired) electrons. The lowest BCUT2D eigenvalue weighted by molar-refractivity contribution is -0.133. The Balaban J connectivity index is 2.86. The summed E-state index contributed by atoms with van der Waals surface area (Å²) in [6.45, 7) is 12.6. The number of aromatic nitrogens is 1. The third-order valence-corrected chi connectivity index (χ3v) is 3.87. The van der Waals surface area contributed by atoms with Crippen LogP contribution >= 0.6 is 0 Å². The van der Waals surface area contributed by atoms with Crippen LogP contribution < -0.4 is 5.32 Å². The van der Waals surface area contributed by atoms with Crippen LogP contribution in [0.2, 0.25) is 0 Å². The number of urea groups is 1. The second kappa shape index (κ2) is 10.1. The van der Waals surface area contributed by atoms with E-state index in [1.54, 1.807) is 4.90 Å². The maximum Gasteiger partial charge on any atom is 0.317 e. The molecule has 0 unspecified atom stereocenters. The SMILES string of the molecule is CCNC(=O)N(CC(=O)N(Cc1cccn1C)CC(C)C)CC(C)C. The van der Waals surface area contributed by atoms with Crippen molar-refractivity contribution in [1.29, 1.82) is 0 Å². The Hall–Kier alpha value is -1.98. The first-order valence-corrected chi connectivity index (χ1v) is 9.15. The fourth-order valence-electron chi connectivity index (χ4n) is 2.74. The van der Waals surface area contributed by atoms with E-state index in [4.69, 9.17) is 0 Å². The molecular formula is C19H34N4O2. The molecule has 0 aliphatic rings. The predicted molar refractivity (Wildman–Crippen MR) is 101 cm³/mol. The van der Waals surface area contributed by atoms with Gasteiger partial charge in [-0.2, -0.15) is 0 Å². The molecule has 1 aromatic rings. The molecule has 1 rings (SSSR count). The summed E-state index contributed by atoms with van der Waals surface area (Å²) in [5, 5.41) is 2.80. The molecule has 6 heteroatoms. The lowest BCUT2D eigenvalue weighted by Gasteiger charge is -2.29. The Bertz CT molecular complexity index is 551. The number of rotatable bonds is 9. The Kier molecular flexibility index (Phi) is 8.52. The number of carbonyl (C=O) groups is 2. The monoisotopic (exact) mass is 350 g/mol. The van der Waals surface area contributed by atoms with E-state index in [0.717, 1.165) is 5.69 Å². The number of hydrogen-bond acceptors (Lipinski definition) is 2. The van der Waals surface area contributed by atoms with Gasteiger partial charge in [-0.15, -0.1) is 0 Å². The quantitative estimate of drug-likeness (QED) is 0.744. The van der Waals surface area contributed by atoms with Crippen molar-refractivity contribution in [3.8, 4) is 0 Å². The number of nitrogens with zero attached hydrogens (tertiary/aromatic N) is 3. The number of carbonyl (C=O) groups excluding carboxylic acids is 2. The molecule has 0 bridgehead atoms. The van der Waals surface area contributed by atoms with E-state index in [9.17, 15) is 9.59 Å². The normalized spacial score (nSPS) is 11.0. The molecule has 0 aliphatic heterocycles. The first-order valence-electron chi connectivity index (χ1n) is 9.15. The summed E-state index contributed by atoms with van der Waals surface area (Å²) in [7, 11) is 1.98. The van der Waals surface area contributed by atoms with Gasteiger partial charge in [-0.3, -0.25) is 4.79 Å². The lowest BCUT2D eigenvalue weighted by atomic mass is 10.2. The summed E-state index contributed by atoms with van der Waals surface area (Å²) >= 11 is 0. The van der Waals surface area contributed by atoms with E-state index in [-0.39, 0.29) is 18.5 Å². The number of aryl methyl sites for hydroxylation is 1. The number of hydrogen-bond donors (Lipinski definition) is 1. The molecule has 3 amide bonds. The van der Waals surface area contributed by atoms with Gasteiger partial charge in [0.15, 0.2) is 0 Å². The summed E-state index contributed by atoms with van der Waals surface area (Å²) in [6.07, 6.45) is 1.98. The van der Waals surface area contributed by atoms with Crippen molar-refractivity contribution in [2.75, 3.05) is 26.2 Å². The Morgan fingerprint density at radius 2 is 1.72 bits per heavy atom. The van der Waals surface area contributed by atoms with Gasteiger partial charge in [-0.1, -0.05) is 27.7 Å². The fraction of sp³-hybridized carbons (Fsp3) is 0.684. The first-order chi connectivity index (χ1) is 11.7. The molecule has 0 spiro atoms. The molecule has 0 saturated heterocycles. The highest BCUT2D eigenvalue weighted by molar-refractivity contribution is 5.84. The molecule has 6 nitrogen and oxygen atoms in total. The van der Waals surface area contributed by atoms with Crippen molar-refractivity contribution >= 4 is 11.9 Å². The predicted octanol–water partition coefficient (Wildman–Crippen LogP) is 2.70. The topological polar surface area (TPSA) is 57.6 Å². The maximum atomic E-state index is 12.9. The minimum atomic E-state index is -0.173. The third-order valence-electron chi connectivity index (χ3n) is 3.87. The smallest absolute Gasteiger partial charge is 0.317 e. The average Bonchev–Trinajstić information content (AvgIpc) is 2.90. The van der Waals surface area contributed by atoms with Crippen LogP contribution in [0.5, 0.6) is 0 Å². The summed E-state index contributed by atoms with van der Waals surface area (Å²) in [5.41, 5.74) is 1.09. The summed E-state index contributed by atoms with van der Waals surface area (Å²) in [6, 6.07) is 3.83. The Labute approximate surface area is 152 Å². The van der Waals surface area contributed by atoms with Gasteiger partial charge in [-0.25, -0.2) is 4.79 Å². The van der Waals surface area contributed by atoms with Crippen molar-refractivity contribution in [3.05, 3.63) is 24.0 Å². The van der Waals surface area contributed by atoms with Crippen LogP contribution in [0.4, 0.5) is 4.79 Å². The average molecular weight is 351 g/mol. The molecule has 142 valence electrons. The zero-order valence-electron chi connectivity index (χ0n) is 16.6. The van der Waals surface area contributed by atoms with Gasteiger partial charge in [0.2, 0.25) is 5.91 Å². The second-order valence-electron chi connectivity index (χ2n) is 7.39. The van der Waals surface area contributed by atoms with E-state index in [2.05, 4.69) is 19.2 Å². The Morgan fingerprint density at radius 1 is 1.12 bits per heavy atom. The molecule has 0 aromatic carbocycles. The maximum absolute atomic E-state index is 12.9. The van der Waals surface area contributed by atoms with Gasteiger partial charge >= 0.3 is 6.03 Å². The van der Waals surface area contributed by atoms with E-state index in [1.807, 2.05) is 55.6 Å². The molecule has 1 N–H and O–H groups in total. The van der Waals surface area contributed by atoms with Crippen LogP contribution in [0.1, 0.15) is 40.3 Å². The van der Waals surface area contributed by atoms with E-state index < -0.39 is 0 Å². The highest BCUT2D eigenvalue weighted by Crippen LogP contribution is 2.10. The summed E-state index contributed by atoms with van der Waals surface area (Å²) in [5.74, 6) is 0.663. The lowest BCUT2D eigenvalue weighted by Crippen LogP contribution is -2.48. The van der Waals surface area contributed by atoms with Crippen molar-refractivity contribution in [1.82, 2.24) is 19.7 Å². The molecule has 1 heterocycles. The van der Waals surface area contributed by atoms with Gasteiger partial charge < -0.3 is 19.7 Å². The van der Waals surface area contributed by atoms with Gasteiger partial charge in [0.25, 0.3) is 0 Å². The molecular weight excluding hydrogens is 316 g/mol. The van der Waals surface area contributed by atoms with Gasteiger partial charge in [0.05, 0.1) is 6.54 Å². The fourth-order valence-corrected chi connectivity index (χ4v) is 2.74. The van der Waals surface area contributed by atoms with Crippen LogP contribution in [-0.4, -0.2) is 52.5 Å². The third kappa shape index (κ3) is 7.20. The van der Waals surface area contributed by atoms with Crippen molar-refractivity contribution in [2.45, 2.75) is 41.2 Å². The minimum absolute atomic E-state index is 0.0122. The first kappa shape index (κ1) is 21.1. The highest BCUT2D eigenvalue weighted by Gasteiger charge is 2.23. The molecule has 25 heavy (non-hydrogen) atoms. The Morgan fingerprint density at radius 3 is 2.20 bits per heavy atom. The van der Waals surface area contributed by atoms with Gasteiger partial charge in [0, 0.05) is 38.6 Å². The largest absolute Gasteiger partial charge is 0.353 e. The number of nitrogens with one attached hydrogen (secondary N) is 1. The van der Waals surface area contributed by atoms with Gasteiger partial charge in [-0.05, 0) is 30.9 Å². The van der Waals surface area contributed by atoms with Crippen LogP contribution in [0.15, 0.2) is 18.3 Å². The molecule has 0 saturated carbocycles. The van der Waals surface area contributed by atoms with E-state index in [0.29, 0.717) is 38.0 Å². The molecule has 0 atom stereocenters. The van der Waals surface area contributed by atoms with Crippen molar-refractivity contribution < 1.29 is 9.59 Å². The summed E-state index contributed by atoms with van der Waals surface area (Å²) < 4.78 is 2.02. The van der Waals surface area contributed by atoms with Crippen molar-refractivity contribution in [3.63, 3.8) is 0 Å². The zero-order valence-corrected chi connectivity index (χ0v) is 16.6. The van der Waals surface area contributed by atoms with E-state index >= 15 is 0 Å². The number of amides is 3. The van der Waals surface area contributed by atoms with Crippen LogP contribution in [0, 0.1) is 11.8 Å². The zero-order chi connectivity index (χ0) is 19.0. The van der Waals surface area contributed by atoms with Gasteiger partial charge in [0.1, 0.15) is 6.54 Å². The summed E-state index contributed by atoms with van der Waals surface area (Å²) in [4.78, 5) is 28.7. The standard InChI is InChI=1S/C19H34N4O2/c1-7-20-19(25)23(12-16(4)5)14-18(24)22(11-15(2)3)13-17-9-8-10-21(17)6/h8-10,15-16H,7,11-14H2,1-6H3,(H,20,25). The van der Waals surface area contributed by atoms with Crippen LogP contribution in [0.25, 0.3) is 0 Å². The van der Waals surface area contributed by atoms with Crippen molar-refractivity contribution in [2.24, 2.45) is 18.9 Å². The minimum Gasteiger partial charge on any atom is -0.353 e. The van der Waals surface area contributed by atoms with E-state index in [1.165, 1.54) is 0 Å². The molecule has 0 fully saturated rings. The highest BCUT2D eigenvalue weighted by atomic mass is 16.2. The molecule has 0 aliphatic carbocycles. The second-order valence-corrected chi connectivity index (χ2v) is 7.39. The van der Waals surface area contributed by atoms with Crippen LogP contribution in [0.3, 0.4) is 0 Å².